The van der Waals surface area contributed by atoms with Crippen LogP contribution >= 0.6 is 23.8 Å². The van der Waals surface area contributed by atoms with Gasteiger partial charge in [0.1, 0.15) is 0 Å². The van der Waals surface area contributed by atoms with Gasteiger partial charge >= 0.3 is 0 Å². The van der Waals surface area contributed by atoms with E-state index < -0.39 is 0 Å². The Balaban J connectivity index is 1.58. The lowest BCUT2D eigenvalue weighted by molar-refractivity contribution is 0.174. The van der Waals surface area contributed by atoms with Crippen LogP contribution < -0.4 is 20.1 Å². The molecule has 1 aliphatic heterocycles. The van der Waals surface area contributed by atoms with E-state index in [1.165, 1.54) is 0 Å². The number of ether oxygens (including phenoxy) is 2. The van der Waals surface area contributed by atoms with Crippen molar-refractivity contribution in [3.63, 3.8) is 0 Å². The van der Waals surface area contributed by atoms with E-state index in [1.54, 1.807) is 0 Å². The van der Waals surface area contributed by atoms with Crippen molar-refractivity contribution in [1.29, 1.82) is 0 Å². The standard InChI is InChI=1S/C15H13ClN2O2S/c16-12-4-2-1-3-10(12)8-17-15(21)18-11-5-6-13-14(7-11)20-9-19-13/h1-7H,8-9H2,(H2,17,18,21). The summed E-state index contributed by atoms with van der Waals surface area (Å²) in [7, 11) is 0. The largest absolute Gasteiger partial charge is 0.454 e. The van der Waals surface area contributed by atoms with Crippen LogP contribution in [-0.4, -0.2) is 11.9 Å². The molecule has 6 heteroatoms. The molecule has 2 aromatic carbocycles. The predicted octanol–water partition coefficient (Wildman–Crippen LogP) is 3.56. The van der Waals surface area contributed by atoms with E-state index in [0.717, 1.165) is 22.0 Å². The third kappa shape index (κ3) is 3.37. The van der Waals surface area contributed by atoms with Crippen LogP contribution in [0.4, 0.5) is 5.69 Å². The minimum Gasteiger partial charge on any atom is -0.454 e. The summed E-state index contributed by atoms with van der Waals surface area (Å²) in [6.07, 6.45) is 0. The van der Waals surface area contributed by atoms with Gasteiger partial charge in [0.25, 0.3) is 0 Å². The second-order valence-corrected chi connectivity index (χ2v) is 5.28. The first-order chi connectivity index (χ1) is 10.2. The van der Waals surface area contributed by atoms with E-state index in [4.69, 9.17) is 33.3 Å². The van der Waals surface area contributed by atoms with Gasteiger partial charge in [-0.3, -0.25) is 0 Å². The molecule has 3 rings (SSSR count). The molecule has 0 radical (unpaired) electrons. The molecule has 0 saturated heterocycles. The van der Waals surface area contributed by atoms with Crippen molar-refractivity contribution in [3.8, 4) is 11.5 Å². The highest BCUT2D eigenvalue weighted by molar-refractivity contribution is 7.80. The minimum absolute atomic E-state index is 0.258. The number of hydrogen-bond acceptors (Lipinski definition) is 3. The van der Waals surface area contributed by atoms with Gasteiger partial charge < -0.3 is 20.1 Å². The second kappa shape index (κ2) is 6.20. The molecule has 2 N–H and O–H groups in total. The lowest BCUT2D eigenvalue weighted by atomic mass is 10.2. The SMILES string of the molecule is S=C(NCc1ccccc1Cl)Nc1ccc2c(c1)OCO2. The lowest BCUT2D eigenvalue weighted by Crippen LogP contribution is -2.27. The zero-order valence-electron chi connectivity index (χ0n) is 11.1. The zero-order chi connectivity index (χ0) is 14.7. The van der Waals surface area contributed by atoms with Crippen LogP contribution in [0.2, 0.25) is 5.02 Å². The number of hydrogen-bond donors (Lipinski definition) is 2. The molecular formula is C15H13ClN2O2S. The quantitative estimate of drug-likeness (QED) is 0.847. The minimum atomic E-state index is 0.258. The summed E-state index contributed by atoms with van der Waals surface area (Å²) in [4.78, 5) is 0. The van der Waals surface area contributed by atoms with Gasteiger partial charge in [-0.05, 0) is 36.0 Å². The molecule has 1 aliphatic rings. The normalized spacial score (nSPS) is 12.0. The number of nitrogens with one attached hydrogen (secondary N) is 2. The van der Waals surface area contributed by atoms with E-state index in [1.807, 2.05) is 42.5 Å². The molecule has 0 atom stereocenters. The maximum atomic E-state index is 6.10. The van der Waals surface area contributed by atoms with Crippen molar-refractivity contribution in [2.75, 3.05) is 12.1 Å². The predicted molar refractivity (Wildman–Crippen MR) is 87.1 cm³/mol. The topological polar surface area (TPSA) is 42.5 Å². The van der Waals surface area contributed by atoms with Crippen molar-refractivity contribution in [1.82, 2.24) is 5.32 Å². The van der Waals surface area contributed by atoms with Gasteiger partial charge in [-0.25, -0.2) is 0 Å². The van der Waals surface area contributed by atoms with Crippen LogP contribution in [0.25, 0.3) is 0 Å². The maximum Gasteiger partial charge on any atom is 0.231 e. The fourth-order valence-electron chi connectivity index (χ4n) is 1.97. The molecule has 2 aromatic rings. The van der Waals surface area contributed by atoms with Gasteiger partial charge in [0.2, 0.25) is 6.79 Å². The molecule has 1 heterocycles. The van der Waals surface area contributed by atoms with E-state index in [2.05, 4.69) is 10.6 Å². The first-order valence-electron chi connectivity index (χ1n) is 6.40. The number of anilines is 1. The molecule has 108 valence electrons. The Bertz CT molecular complexity index is 678. The molecule has 0 amide bonds. The van der Waals surface area contributed by atoms with Crippen LogP contribution in [0.3, 0.4) is 0 Å². The number of halogens is 1. The van der Waals surface area contributed by atoms with Gasteiger partial charge in [-0.15, -0.1) is 0 Å². The summed E-state index contributed by atoms with van der Waals surface area (Å²) in [5.41, 5.74) is 1.84. The van der Waals surface area contributed by atoms with Gasteiger partial charge in [0.15, 0.2) is 16.6 Å². The van der Waals surface area contributed by atoms with Crippen LogP contribution in [-0.2, 0) is 6.54 Å². The van der Waals surface area contributed by atoms with Crippen molar-refractivity contribution in [3.05, 3.63) is 53.1 Å². The highest BCUT2D eigenvalue weighted by atomic mass is 35.5. The highest BCUT2D eigenvalue weighted by Gasteiger charge is 2.13. The van der Waals surface area contributed by atoms with Crippen LogP contribution in [0.5, 0.6) is 11.5 Å². The first kappa shape index (κ1) is 14.0. The van der Waals surface area contributed by atoms with E-state index in [0.29, 0.717) is 17.4 Å². The Labute approximate surface area is 133 Å². The van der Waals surface area contributed by atoms with Crippen molar-refractivity contribution < 1.29 is 9.47 Å². The Morgan fingerprint density at radius 1 is 1.14 bits per heavy atom. The third-order valence-electron chi connectivity index (χ3n) is 3.03. The molecular weight excluding hydrogens is 308 g/mol. The molecule has 21 heavy (non-hydrogen) atoms. The average molecular weight is 321 g/mol. The summed E-state index contributed by atoms with van der Waals surface area (Å²) >= 11 is 11.4. The van der Waals surface area contributed by atoms with Gasteiger partial charge in [-0.1, -0.05) is 29.8 Å². The summed E-state index contributed by atoms with van der Waals surface area (Å²) in [6.45, 7) is 0.823. The van der Waals surface area contributed by atoms with Crippen molar-refractivity contribution >= 4 is 34.6 Å². The molecule has 0 unspecified atom stereocenters. The Morgan fingerprint density at radius 3 is 2.81 bits per heavy atom. The molecule has 0 spiro atoms. The monoisotopic (exact) mass is 320 g/mol. The second-order valence-electron chi connectivity index (χ2n) is 4.47. The first-order valence-corrected chi connectivity index (χ1v) is 7.19. The van der Waals surface area contributed by atoms with Crippen LogP contribution in [0.1, 0.15) is 5.56 Å². The van der Waals surface area contributed by atoms with E-state index in [-0.39, 0.29) is 6.79 Å². The van der Waals surface area contributed by atoms with Crippen molar-refractivity contribution in [2.45, 2.75) is 6.54 Å². The fraction of sp³-hybridized carbons (Fsp3) is 0.133. The Kier molecular flexibility index (Phi) is 4.13. The summed E-state index contributed by atoms with van der Waals surface area (Å²) in [5.74, 6) is 1.46. The third-order valence-corrected chi connectivity index (χ3v) is 3.64. The van der Waals surface area contributed by atoms with Crippen LogP contribution in [0, 0.1) is 0 Å². The van der Waals surface area contributed by atoms with Gasteiger partial charge in [0.05, 0.1) is 0 Å². The fourth-order valence-corrected chi connectivity index (χ4v) is 2.36. The van der Waals surface area contributed by atoms with Crippen LogP contribution in [0.15, 0.2) is 42.5 Å². The molecule has 0 aliphatic carbocycles. The Hall–Kier alpha value is -1.98. The number of rotatable bonds is 3. The Morgan fingerprint density at radius 2 is 1.95 bits per heavy atom. The zero-order valence-corrected chi connectivity index (χ0v) is 12.6. The van der Waals surface area contributed by atoms with Crippen molar-refractivity contribution in [2.24, 2.45) is 0 Å². The summed E-state index contributed by atoms with van der Waals surface area (Å²) in [5, 5.41) is 7.46. The summed E-state index contributed by atoms with van der Waals surface area (Å²) in [6, 6.07) is 13.2. The lowest BCUT2D eigenvalue weighted by Gasteiger charge is -2.11. The molecule has 0 fully saturated rings. The number of thiocarbonyl (C=S) groups is 1. The molecule has 0 aromatic heterocycles. The summed E-state index contributed by atoms with van der Waals surface area (Å²) < 4.78 is 10.6. The average Bonchev–Trinajstić information content (AvgIpc) is 2.94. The van der Waals surface area contributed by atoms with Gasteiger partial charge in [-0.2, -0.15) is 0 Å². The highest BCUT2D eigenvalue weighted by Crippen LogP contribution is 2.34. The number of benzene rings is 2. The number of fused-ring (bicyclic) bond motifs is 1. The maximum absolute atomic E-state index is 6.10. The van der Waals surface area contributed by atoms with E-state index >= 15 is 0 Å². The molecule has 0 saturated carbocycles. The smallest absolute Gasteiger partial charge is 0.231 e. The molecule has 4 nitrogen and oxygen atoms in total. The molecule has 0 bridgehead atoms. The van der Waals surface area contributed by atoms with Gasteiger partial charge in [0, 0.05) is 23.3 Å². The van der Waals surface area contributed by atoms with E-state index in [9.17, 15) is 0 Å².